The van der Waals surface area contributed by atoms with Crippen LogP contribution < -0.4 is 0 Å². The first-order chi connectivity index (χ1) is 5.63. The molecule has 0 spiro atoms. The van der Waals surface area contributed by atoms with Gasteiger partial charge >= 0.3 is 0 Å². The first-order valence-electron chi connectivity index (χ1n) is 4.56. The van der Waals surface area contributed by atoms with Crippen molar-refractivity contribution in [3.05, 3.63) is 6.61 Å². The van der Waals surface area contributed by atoms with E-state index in [-0.39, 0.29) is 35.5 Å². The van der Waals surface area contributed by atoms with Gasteiger partial charge in [-0.2, -0.15) is 5.26 Å². The van der Waals surface area contributed by atoms with Crippen molar-refractivity contribution in [2.75, 3.05) is 0 Å². The van der Waals surface area contributed by atoms with Gasteiger partial charge < -0.3 is 4.74 Å². The molecule has 0 aromatic heterocycles. The molecular formula is C10H16MgNO. The summed E-state index contributed by atoms with van der Waals surface area (Å²) in [6.45, 7) is 6.03. The fourth-order valence-corrected chi connectivity index (χ4v) is 2.45. The van der Waals surface area contributed by atoms with Crippen LogP contribution in [-0.4, -0.2) is 28.7 Å². The second-order valence-corrected chi connectivity index (χ2v) is 4.28. The summed E-state index contributed by atoms with van der Waals surface area (Å²) < 4.78 is 5.62. The number of rotatable bonds is 0. The third-order valence-corrected chi connectivity index (χ3v) is 3.70. The van der Waals surface area contributed by atoms with Gasteiger partial charge in [-0.15, -0.1) is 0 Å². The summed E-state index contributed by atoms with van der Waals surface area (Å²) in [6, 6.07) is 2.40. The van der Waals surface area contributed by atoms with Crippen molar-refractivity contribution in [1.29, 1.82) is 5.26 Å². The van der Waals surface area contributed by atoms with Crippen LogP contribution in [0.15, 0.2) is 0 Å². The number of nitriles is 1. The zero-order valence-corrected chi connectivity index (χ0v) is 9.75. The van der Waals surface area contributed by atoms with Crippen molar-refractivity contribution in [3.8, 4) is 6.07 Å². The zero-order chi connectivity index (χ0) is 8.82. The van der Waals surface area contributed by atoms with Crippen LogP contribution in [-0.2, 0) is 4.74 Å². The molecule has 2 nitrogen and oxygen atoms in total. The molecule has 1 aliphatic heterocycles. The number of fused-ring (bicyclic) bond motifs is 2. The predicted molar refractivity (Wildman–Crippen MR) is 52.7 cm³/mol. The van der Waals surface area contributed by atoms with Crippen molar-refractivity contribution >= 4 is 23.1 Å². The lowest BCUT2D eigenvalue weighted by Gasteiger charge is -2.37. The maximum atomic E-state index is 9.09. The number of ether oxygens (including phenoxy) is 1. The van der Waals surface area contributed by atoms with Gasteiger partial charge in [0.25, 0.3) is 0 Å². The molecule has 3 unspecified atom stereocenters. The third kappa shape index (κ3) is 1.40. The van der Waals surface area contributed by atoms with E-state index >= 15 is 0 Å². The van der Waals surface area contributed by atoms with Crippen LogP contribution in [0, 0.1) is 29.3 Å². The average Bonchev–Trinajstić information content (AvgIpc) is 2.24. The first-order valence-corrected chi connectivity index (χ1v) is 4.56. The molecule has 1 saturated heterocycles. The Balaban J connectivity index is 0.000000845. The van der Waals surface area contributed by atoms with Gasteiger partial charge in [0.1, 0.15) is 6.61 Å². The molecule has 0 aromatic carbocycles. The van der Waals surface area contributed by atoms with Gasteiger partial charge in [-0.1, -0.05) is 6.92 Å². The first kappa shape index (κ1) is 11.3. The Morgan fingerprint density at radius 1 is 1.62 bits per heavy atom. The van der Waals surface area contributed by atoms with Crippen LogP contribution in [0.4, 0.5) is 0 Å². The molecule has 2 aliphatic rings. The van der Waals surface area contributed by atoms with E-state index in [9.17, 15) is 0 Å². The summed E-state index contributed by atoms with van der Waals surface area (Å²) in [5, 5.41) is 9.09. The predicted octanol–water partition coefficient (Wildman–Crippen LogP) is 2.13. The lowest BCUT2D eigenvalue weighted by Crippen LogP contribution is -2.39. The van der Waals surface area contributed by atoms with Crippen molar-refractivity contribution < 1.29 is 6.16 Å². The van der Waals surface area contributed by atoms with Gasteiger partial charge in [0.05, 0.1) is 17.1 Å². The van der Waals surface area contributed by atoms with Crippen molar-refractivity contribution in [2.24, 2.45) is 11.3 Å². The van der Waals surface area contributed by atoms with Crippen molar-refractivity contribution in [3.63, 3.8) is 0 Å². The van der Waals surface area contributed by atoms with E-state index in [1.54, 1.807) is 6.61 Å². The number of hydrogen-bond donors (Lipinski definition) is 0. The summed E-state index contributed by atoms with van der Waals surface area (Å²) in [7, 11) is 0. The number of hydrogen-bond acceptors (Lipinski definition) is 2. The Hall–Kier alpha value is 0.216. The Bertz CT molecular complexity index is 255. The van der Waals surface area contributed by atoms with Crippen molar-refractivity contribution in [2.45, 2.75) is 38.7 Å². The highest BCUT2D eigenvalue weighted by atomic mass is 24.3. The summed E-state index contributed by atoms with van der Waals surface area (Å²) in [4.78, 5) is 0. The fraction of sp³-hybridized carbons (Fsp3) is 0.800. The van der Waals surface area contributed by atoms with Gasteiger partial charge in [-0.05, 0) is 26.2 Å². The largest absolute Gasteiger partial charge is 0.367 e. The van der Waals surface area contributed by atoms with Gasteiger partial charge in [0.2, 0.25) is 0 Å². The summed E-state index contributed by atoms with van der Waals surface area (Å²) in [6.07, 6.45) is 3.18. The summed E-state index contributed by atoms with van der Waals surface area (Å²) >= 11 is 0. The molecule has 1 aliphatic carbocycles. The topological polar surface area (TPSA) is 33.0 Å². The van der Waals surface area contributed by atoms with Crippen LogP contribution in [0.1, 0.15) is 34.5 Å². The van der Waals surface area contributed by atoms with E-state index in [4.69, 9.17) is 10.00 Å². The van der Waals surface area contributed by atoms with Gasteiger partial charge in [-0.25, -0.2) is 0 Å². The molecule has 2 rings (SSSR count). The van der Waals surface area contributed by atoms with E-state index < -0.39 is 0 Å². The third-order valence-electron chi connectivity index (χ3n) is 3.70. The van der Waals surface area contributed by atoms with E-state index in [0.29, 0.717) is 5.92 Å². The molecule has 0 N–H and O–H groups in total. The fourth-order valence-electron chi connectivity index (χ4n) is 2.45. The average molecular weight is 191 g/mol. The Morgan fingerprint density at radius 2 is 2.31 bits per heavy atom. The van der Waals surface area contributed by atoms with E-state index in [1.165, 1.54) is 0 Å². The Labute approximate surface area is 97.3 Å². The normalized spacial score (nSPS) is 47.9. The molecule has 1 heterocycles. The molecule has 3 heteroatoms. The molecule has 0 aromatic rings. The summed E-state index contributed by atoms with van der Waals surface area (Å²) in [5.74, 6) is 0.351. The molecule has 1 saturated carbocycles. The van der Waals surface area contributed by atoms with Crippen molar-refractivity contribution in [1.82, 2.24) is 0 Å². The van der Waals surface area contributed by atoms with Crippen LogP contribution in [0.5, 0.6) is 0 Å². The minimum absolute atomic E-state index is 0. The lowest BCUT2D eigenvalue weighted by molar-refractivity contribution is 0.00443. The quantitative estimate of drug-likeness (QED) is 0.548. The van der Waals surface area contributed by atoms with Crippen LogP contribution in [0.25, 0.3) is 0 Å². The van der Waals surface area contributed by atoms with E-state index in [1.807, 2.05) is 0 Å². The molecule has 3 radical (unpaired) electrons. The highest BCUT2D eigenvalue weighted by molar-refractivity contribution is 5.75. The lowest BCUT2D eigenvalue weighted by atomic mass is 9.64. The smallest absolute Gasteiger partial charge is 0.105 e. The van der Waals surface area contributed by atoms with E-state index in [0.717, 1.165) is 19.3 Å². The second-order valence-electron chi connectivity index (χ2n) is 4.28. The van der Waals surface area contributed by atoms with E-state index in [2.05, 4.69) is 19.9 Å². The zero-order valence-electron chi connectivity index (χ0n) is 8.34. The Morgan fingerprint density at radius 3 is 2.85 bits per heavy atom. The molecule has 69 valence electrons. The van der Waals surface area contributed by atoms with Gasteiger partial charge in [0.15, 0.2) is 0 Å². The minimum Gasteiger partial charge on any atom is -0.367 e. The highest BCUT2D eigenvalue weighted by Crippen LogP contribution is 2.55. The maximum Gasteiger partial charge on any atom is 0.105 e. The molecular weight excluding hydrogens is 174 g/mol. The minimum atomic E-state index is -0.285. The number of nitrogens with zero attached hydrogens (tertiary/aromatic N) is 1. The molecule has 13 heavy (non-hydrogen) atoms. The summed E-state index contributed by atoms with van der Waals surface area (Å²) in [5.41, 5.74) is -0.346. The van der Waals surface area contributed by atoms with Crippen LogP contribution in [0.3, 0.4) is 0 Å². The SMILES string of the molecule is CC1C2(C#N)[CH]OC1(C)CCC2.[HH].[Mg]. The van der Waals surface area contributed by atoms with Gasteiger partial charge in [-0.3, -0.25) is 0 Å². The van der Waals surface area contributed by atoms with Crippen LogP contribution >= 0.6 is 0 Å². The van der Waals surface area contributed by atoms with Crippen LogP contribution in [0.2, 0.25) is 0 Å². The molecule has 2 bridgehead atoms. The monoisotopic (exact) mass is 190 g/mol. The Kier molecular flexibility index (Phi) is 2.97. The highest BCUT2D eigenvalue weighted by Gasteiger charge is 2.56. The molecule has 0 amide bonds. The maximum absolute atomic E-state index is 9.09. The second kappa shape index (κ2) is 3.41. The van der Waals surface area contributed by atoms with Gasteiger partial charge in [0, 0.05) is 30.4 Å². The molecule has 2 fully saturated rings. The standard InChI is InChI=1S/C10H14NO.Mg.H2/c1-8-9(2)4-3-5-10(8,6-11)7-12-9;;/h7-8H,3-5H2,1-2H3;;1H. The molecule has 3 atom stereocenters.